The molecule has 0 aromatic rings. The number of hydrogen-bond acceptors (Lipinski definition) is 3. The van der Waals surface area contributed by atoms with Crippen LogP contribution in [0.4, 0.5) is 13.2 Å². The quantitative estimate of drug-likeness (QED) is 0.789. The lowest BCUT2D eigenvalue weighted by Gasteiger charge is -2.46. The topological polar surface area (TPSA) is 24.5 Å². The van der Waals surface area contributed by atoms with Gasteiger partial charge in [-0.15, -0.1) is 0 Å². The van der Waals surface area contributed by atoms with Gasteiger partial charge in [-0.05, 0) is 18.8 Å². The van der Waals surface area contributed by atoms with Gasteiger partial charge < -0.3 is 10.1 Å². The summed E-state index contributed by atoms with van der Waals surface area (Å²) in [4.78, 5) is 2.37. The van der Waals surface area contributed by atoms with Crippen LogP contribution in [0.1, 0.15) is 34.1 Å². The molecule has 0 bridgehead atoms. The van der Waals surface area contributed by atoms with E-state index in [1.54, 1.807) is 0 Å². The van der Waals surface area contributed by atoms with Gasteiger partial charge in [-0.3, -0.25) is 4.90 Å². The van der Waals surface area contributed by atoms with E-state index >= 15 is 0 Å². The smallest absolute Gasteiger partial charge is 0.372 e. The van der Waals surface area contributed by atoms with Crippen molar-refractivity contribution in [2.24, 2.45) is 5.41 Å². The fourth-order valence-corrected chi connectivity index (χ4v) is 2.64. The van der Waals surface area contributed by atoms with Gasteiger partial charge in [0.05, 0.1) is 0 Å². The molecule has 1 heterocycles. The van der Waals surface area contributed by atoms with Gasteiger partial charge in [0.25, 0.3) is 0 Å². The average Bonchev–Trinajstić information content (AvgIpc) is 2.25. The fraction of sp³-hybridized carbons (Fsp3) is 1.00. The van der Waals surface area contributed by atoms with Crippen LogP contribution in [-0.4, -0.2) is 56.0 Å². The van der Waals surface area contributed by atoms with Crippen LogP contribution in [0.25, 0.3) is 0 Å². The summed E-state index contributed by atoms with van der Waals surface area (Å²) in [6.07, 6.45) is -3.59. The summed E-state index contributed by atoms with van der Waals surface area (Å²) in [5, 5.41) is 3.47. The Morgan fingerprint density at radius 1 is 1.25 bits per heavy atom. The van der Waals surface area contributed by atoms with Crippen molar-refractivity contribution in [1.82, 2.24) is 10.2 Å². The van der Waals surface area contributed by atoms with Crippen LogP contribution in [0.2, 0.25) is 0 Å². The first-order chi connectivity index (χ1) is 9.09. The molecule has 120 valence electrons. The van der Waals surface area contributed by atoms with Gasteiger partial charge in [-0.1, -0.05) is 20.8 Å². The Morgan fingerprint density at radius 2 is 1.90 bits per heavy atom. The largest absolute Gasteiger partial charge is 0.411 e. The highest BCUT2D eigenvalue weighted by Crippen LogP contribution is 2.26. The van der Waals surface area contributed by atoms with Gasteiger partial charge in [-0.2, -0.15) is 13.2 Å². The van der Waals surface area contributed by atoms with Crippen molar-refractivity contribution in [3.05, 3.63) is 0 Å². The number of ether oxygens (including phenoxy) is 1. The molecule has 0 radical (unpaired) electrons. The van der Waals surface area contributed by atoms with Gasteiger partial charge in [0.2, 0.25) is 0 Å². The van der Waals surface area contributed by atoms with Gasteiger partial charge in [-0.25, -0.2) is 0 Å². The zero-order valence-electron chi connectivity index (χ0n) is 12.9. The van der Waals surface area contributed by atoms with E-state index in [4.69, 9.17) is 0 Å². The molecule has 20 heavy (non-hydrogen) atoms. The Bertz CT molecular complexity index is 289. The van der Waals surface area contributed by atoms with Crippen molar-refractivity contribution in [2.45, 2.75) is 52.4 Å². The highest BCUT2D eigenvalue weighted by atomic mass is 19.4. The molecule has 1 saturated heterocycles. The molecular formula is C14H27F3N2O. The molecule has 1 fully saturated rings. The Morgan fingerprint density at radius 3 is 2.45 bits per heavy atom. The standard InChI is InChI=1S/C14H27F3N2O/c1-11-9-19(12(8-18-11)13(2,3)4)6-5-7-20-10-14(15,16)17/h11-12,18H,5-10H2,1-4H3. The molecule has 0 aromatic carbocycles. The summed E-state index contributed by atoms with van der Waals surface area (Å²) in [6, 6.07) is 0.825. The van der Waals surface area contributed by atoms with Gasteiger partial charge in [0, 0.05) is 38.3 Å². The van der Waals surface area contributed by atoms with Crippen molar-refractivity contribution in [3.8, 4) is 0 Å². The molecule has 0 aliphatic carbocycles. The van der Waals surface area contributed by atoms with Crippen LogP contribution in [0.15, 0.2) is 0 Å². The predicted octanol–water partition coefficient (Wildman–Crippen LogP) is 2.66. The van der Waals surface area contributed by atoms with Crippen LogP contribution in [0.3, 0.4) is 0 Å². The highest BCUT2D eigenvalue weighted by molar-refractivity contribution is 4.91. The van der Waals surface area contributed by atoms with E-state index in [-0.39, 0.29) is 12.0 Å². The Labute approximate surface area is 119 Å². The molecule has 0 spiro atoms. The van der Waals surface area contributed by atoms with Crippen molar-refractivity contribution < 1.29 is 17.9 Å². The molecule has 2 unspecified atom stereocenters. The number of piperazine rings is 1. The summed E-state index contributed by atoms with van der Waals surface area (Å²) < 4.78 is 40.6. The van der Waals surface area contributed by atoms with Crippen LogP contribution < -0.4 is 5.32 Å². The molecule has 1 N–H and O–H groups in total. The number of alkyl halides is 3. The maximum Gasteiger partial charge on any atom is 0.411 e. The highest BCUT2D eigenvalue weighted by Gasteiger charge is 2.34. The first-order valence-corrected chi connectivity index (χ1v) is 7.21. The average molecular weight is 296 g/mol. The third-order valence-electron chi connectivity index (χ3n) is 3.61. The molecule has 1 aliphatic heterocycles. The summed E-state index contributed by atoms with van der Waals surface area (Å²) in [6.45, 7) is 10.4. The van der Waals surface area contributed by atoms with E-state index in [0.717, 1.165) is 19.6 Å². The second kappa shape index (κ2) is 7.09. The van der Waals surface area contributed by atoms with Crippen molar-refractivity contribution in [3.63, 3.8) is 0 Å². The third kappa shape index (κ3) is 6.41. The van der Waals surface area contributed by atoms with Crippen molar-refractivity contribution in [1.29, 1.82) is 0 Å². The molecule has 0 aromatic heterocycles. The van der Waals surface area contributed by atoms with Gasteiger partial charge in [0.1, 0.15) is 6.61 Å². The summed E-state index contributed by atoms with van der Waals surface area (Å²) in [5.74, 6) is 0. The molecule has 6 heteroatoms. The van der Waals surface area contributed by atoms with Gasteiger partial charge in [0.15, 0.2) is 0 Å². The molecular weight excluding hydrogens is 269 g/mol. The number of halogens is 3. The number of hydrogen-bond donors (Lipinski definition) is 1. The van der Waals surface area contributed by atoms with E-state index in [9.17, 15) is 13.2 Å². The lowest BCUT2D eigenvalue weighted by atomic mass is 9.84. The Hall–Kier alpha value is -0.330. The van der Waals surface area contributed by atoms with E-state index < -0.39 is 12.8 Å². The van der Waals surface area contributed by atoms with Crippen LogP contribution in [-0.2, 0) is 4.74 Å². The lowest BCUT2D eigenvalue weighted by Crippen LogP contribution is -2.59. The van der Waals surface area contributed by atoms with Crippen molar-refractivity contribution in [2.75, 3.05) is 32.8 Å². The maximum atomic E-state index is 12.0. The molecule has 1 aliphatic rings. The first kappa shape index (κ1) is 17.7. The first-order valence-electron chi connectivity index (χ1n) is 7.21. The second-order valence-electron chi connectivity index (χ2n) is 6.71. The predicted molar refractivity (Wildman–Crippen MR) is 73.8 cm³/mol. The molecule has 0 saturated carbocycles. The minimum atomic E-state index is -4.22. The minimum absolute atomic E-state index is 0.153. The molecule has 2 atom stereocenters. The van der Waals surface area contributed by atoms with Gasteiger partial charge >= 0.3 is 6.18 Å². The monoisotopic (exact) mass is 296 g/mol. The summed E-state index contributed by atoms with van der Waals surface area (Å²) >= 11 is 0. The third-order valence-corrected chi connectivity index (χ3v) is 3.61. The van der Waals surface area contributed by atoms with E-state index in [0.29, 0.717) is 18.5 Å². The zero-order chi connectivity index (χ0) is 15.4. The fourth-order valence-electron chi connectivity index (χ4n) is 2.64. The minimum Gasteiger partial charge on any atom is -0.372 e. The van der Waals surface area contributed by atoms with Crippen molar-refractivity contribution >= 4 is 0 Å². The van der Waals surface area contributed by atoms with Crippen LogP contribution >= 0.6 is 0 Å². The van der Waals surface area contributed by atoms with E-state index in [2.05, 4.69) is 42.6 Å². The maximum absolute atomic E-state index is 12.0. The van der Waals surface area contributed by atoms with Crippen LogP contribution in [0, 0.1) is 5.41 Å². The summed E-state index contributed by atoms with van der Waals surface area (Å²) in [7, 11) is 0. The number of rotatable bonds is 5. The normalized spacial score (nSPS) is 25.9. The number of nitrogens with one attached hydrogen (secondary N) is 1. The number of nitrogens with zero attached hydrogens (tertiary/aromatic N) is 1. The van der Waals surface area contributed by atoms with Crippen LogP contribution in [0.5, 0.6) is 0 Å². The van der Waals surface area contributed by atoms with E-state index in [1.165, 1.54) is 0 Å². The van der Waals surface area contributed by atoms with E-state index in [1.807, 2.05) is 0 Å². The Balaban J connectivity index is 2.35. The molecule has 3 nitrogen and oxygen atoms in total. The molecule has 0 amide bonds. The molecule has 1 rings (SSSR count). The lowest BCUT2D eigenvalue weighted by molar-refractivity contribution is -0.174. The SMILES string of the molecule is CC1CN(CCCOCC(F)(F)F)C(C(C)(C)C)CN1. The zero-order valence-corrected chi connectivity index (χ0v) is 12.9. The summed E-state index contributed by atoms with van der Waals surface area (Å²) in [5.41, 5.74) is 0.153. The second-order valence-corrected chi connectivity index (χ2v) is 6.71. The Kier molecular flexibility index (Phi) is 6.28.